The van der Waals surface area contributed by atoms with Gasteiger partial charge in [0, 0.05) is 30.8 Å². The van der Waals surface area contributed by atoms with Crippen LogP contribution < -0.4 is 5.32 Å². The quantitative estimate of drug-likeness (QED) is 0.656. The molecule has 104 valence electrons. The van der Waals surface area contributed by atoms with Gasteiger partial charge < -0.3 is 10.2 Å². The Morgan fingerprint density at radius 3 is 2.35 bits per heavy atom. The molecule has 20 heavy (non-hydrogen) atoms. The second-order valence-electron chi connectivity index (χ2n) is 5.19. The first-order valence-corrected chi connectivity index (χ1v) is 7.15. The van der Waals surface area contributed by atoms with Gasteiger partial charge in [-0.3, -0.25) is 9.59 Å². The van der Waals surface area contributed by atoms with Crippen LogP contribution in [0.2, 0.25) is 0 Å². The van der Waals surface area contributed by atoms with Crippen LogP contribution in [-0.4, -0.2) is 36.1 Å². The van der Waals surface area contributed by atoms with E-state index in [1.807, 2.05) is 4.90 Å². The minimum Gasteiger partial charge on any atom is -0.380 e. The Morgan fingerprint density at radius 1 is 1.10 bits per heavy atom. The lowest BCUT2D eigenvalue weighted by Gasteiger charge is -2.22. The molecule has 3 rings (SSSR count). The van der Waals surface area contributed by atoms with Gasteiger partial charge in [0.05, 0.1) is 0 Å². The number of hydrogen-bond donors (Lipinski definition) is 1. The van der Waals surface area contributed by atoms with Crippen LogP contribution in [0.3, 0.4) is 0 Å². The number of benzene rings is 1. The summed E-state index contributed by atoms with van der Waals surface area (Å²) in [6.45, 7) is 4.54. The van der Waals surface area contributed by atoms with Crippen LogP contribution in [0.25, 0.3) is 0 Å². The van der Waals surface area contributed by atoms with E-state index in [2.05, 4.69) is 12.2 Å². The van der Waals surface area contributed by atoms with Gasteiger partial charge in [0.25, 0.3) is 0 Å². The number of hydrogen-bond acceptors (Lipinski definition) is 4. The van der Waals surface area contributed by atoms with Crippen molar-refractivity contribution in [3.8, 4) is 0 Å². The second kappa shape index (κ2) is 5.12. The monoisotopic (exact) mass is 270 g/mol. The Balaban J connectivity index is 2.00. The average Bonchev–Trinajstić information content (AvgIpc) is 3.29. The SMILES string of the molecule is CCCCNC1=C(N2CC2)C(=O)c2ccccc2C1=O. The van der Waals surface area contributed by atoms with Gasteiger partial charge in [-0.25, -0.2) is 0 Å². The fraction of sp³-hybridized carbons (Fsp3) is 0.375. The van der Waals surface area contributed by atoms with E-state index in [0.717, 1.165) is 32.5 Å². The maximum atomic E-state index is 12.6. The van der Waals surface area contributed by atoms with Crippen molar-refractivity contribution in [2.24, 2.45) is 0 Å². The van der Waals surface area contributed by atoms with Gasteiger partial charge in [-0.15, -0.1) is 0 Å². The lowest BCUT2D eigenvalue weighted by atomic mass is 9.90. The lowest BCUT2D eigenvalue weighted by molar-refractivity contribution is 0.0954. The molecule has 0 atom stereocenters. The Kier molecular flexibility index (Phi) is 3.30. The number of allylic oxidation sites excluding steroid dienone is 2. The van der Waals surface area contributed by atoms with Crippen LogP contribution in [0.4, 0.5) is 0 Å². The fourth-order valence-electron chi connectivity index (χ4n) is 2.49. The Labute approximate surface area is 118 Å². The third-order valence-corrected chi connectivity index (χ3v) is 3.69. The summed E-state index contributed by atoms with van der Waals surface area (Å²) in [4.78, 5) is 27.2. The van der Waals surface area contributed by atoms with Crippen molar-refractivity contribution in [3.63, 3.8) is 0 Å². The number of ketones is 2. The zero-order valence-electron chi connectivity index (χ0n) is 11.6. The molecule has 1 saturated heterocycles. The van der Waals surface area contributed by atoms with E-state index in [0.29, 0.717) is 22.5 Å². The fourth-order valence-corrected chi connectivity index (χ4v) is 2.49. The molecule has 4 heteroatoms. The first-order chi connectivity index (χ1) is 9.74. The van der Waals surface area contributed by atoms with Crippen LogP contribution in [0.1, 0.15) is 40.5 Å². The van der Waals surface area contributed by atoms with Gasteiger partial charge in [0.15, 0.2) is 0 Å². The first kappa shape index (κ1) is 12.9. The number of nitrogens with one attached hydrogen (secondary N) is 1. The van der Waals surface area contributed by atoms with E-state index in [1.165, 1.54) is 0 Å². The van der Waals surface area contributed by atoms with E-state index in [1.54, 1.807) is 24.3 Å². The van der Waals surface area contributed by atoms with E-state index in [9.17, 15) is 9.59 Å². The highest BCUT2D eigenvalue weighted by Crippen LogP contribution is 2.30. The maximum Gasteiger partial charge on any atom is 0.212 e. The maximum absolute atomic E-state index is 12.6. The topological polar surface area (TPSA) is 49.2 Å². The lowest BCUT2D eigenvalue weighted by Crippen LogP contribution is -2.33. The van der Waals surface area contributed by atoms with Crippen LogP contribution in [-0.2, 0) is 0 Å². The van der Waals surface area contributed by atoms with Gasteiger partial charge in [-0.2, -0.15) is 0 Å². The molecule has 1 aromatic rings. The molecule has 1 aromatic carbocycles. The summed E-state index contributed by atoms with van der Waals surface area (Å²) < 4.78 is 0. The zero-order chi connectivity index (χ0) is 14.1. The summed E-state index contributed by atoms with van der Waals surface area (Å²) in [7, 11) is 0. The van der Waals surface area contributed by atoms with Crippen molar-refractivity contribution >= 4 is 11.6 Å². The molecule has 2 aliphatic rings. The highest BCUT2D eigenvalue weighted by molar-refractivity contribution is 6.26. The summed E-state index contributed by atoms with van der Waals surface area (Å²) in [5, 5.41) is 3.18. The molecule has 0 aromatic heterocycles. The molecule has 4 nitrogen and oxygen atoms in total. The standard InChI is InChI=1S/C16H18N2O2/c1-2-3-8-17-13-14(18-9-10-18)16(20)12-7-5-4-6-11(12)15(13)19/h4-7,17H,2-3,8-10H2,1H3. The Hall–Kier alpha value is -2.10. The van der Waals surface area contributed by atoms with Gasteiger partial charge in [-0.1, -0.05) is 37.6 Å². The molecule has 0 amide bonds. The summed E-state index contributed by atoms with van der Waals surface area (Å²) in [5.74, 6) is -0.0881. The average molecular weight is 270 g/mol. The van der Waals surface area contributed by atoms with Crippen LogP contribution in [0.5, 0.6) is 0 Å². The Morgan fingerprint density at radius 2 is 1.75 bits per heavy atom. The molecule has 1 aliphatic carbocycles. The molecule has 1 fully saturated rings. The molecule has 1 heterocycles. The van der Waals surface area contributed by atoms with Crippen molar-refractivity contribution in [1.29, 1.82) is 0 Å². The summed E-state index contributed by atoms with van der Waals surface area (Å²) in [6.07, 6.45) is 2.04. The highest BCUT2D eigenvalue weighted by Gasteiger charge is 2.38. The number of rotatable bonds is 5. The predicted octanol–water partition coefficient (Wildman–Crippen LogP) is 1.98. The number of nitrogens with zero attached hydrogens (tertiary/aromatic N) is 1. The second-order valence-corrected chi connectivity index (χ2v) is 5.19. The third kappa shape index (κ3) is 2.11. The van der Waals surface area contributed by atoms with Gasteiger partial charge in [0.2, 0.25) is 11.6 Å². The van der Waals surface area contributed by atoms with E-state index in [4.69, 9.17) is 0 Å². The van der Waals surface area contributed by atoms with Crippen molar-refractivity contribution in [2.75, 3.05) is 19.6 Å². The molecular weight excluding hydrogens is 252 g/mol. The van der Waals surface area contributed by atoms with Crippen molar-refractivity contribution in [2.45, 2.75) is 19.8 Å². The number of Topliss-reactive ketones (excluding diaryl/α,β-unsaturated/α-hetero) is 2. The predicted molar refractivity (Wildman–Crippen MR) is 76.6 cm³/mol. The summed E-state index contributed by atoms with van der Waals surface area (Å²) in [5.41, 5.74) is 2.09. The van der Waals surface area contributed by atoms with Gasteiger partial charge >= 0.3 is 0 Å². The molecule has 0 unspecified atom stereocenters. The smallest absolute Gasteiger partial charge is 0.212 e. The van der Waals surface area contributed by atoms with E-state index < -0.39 is 0 Å². The first-order valence-electron chi connectivity index (χ1n) is 7.15. The molecular formula is C16H18N2O2. The van der Waals surface area contributed by atoms with Crippen LogP contribution in [0.15, 0.2) is 35.7 Å². The van der Waals surface area contributed by atoms with E-state index in [-0.39, 0.29) is 11.6 Å². The highest BCUT2D eigenvalue weighted by atomic mass is 16.1. The minimum absolute atomic E-state index is 0.0308. The number of carbonyl (C=O) groups is 2. The number of fused-ring (bicyclic) bond motifs is 1. The number of carbonyl (C=O) groups excluding carboxylic acids is 2. The normalized spacial score (nSPS) is 17.4. The van der Waals surface area contributed by atoms with Crippen molar-refractivity contribution in [3.05, 3.63) is 46.8 Å². The van der Waals surface area contributed by atoms with Crippen molar-refractivity contribution < 1.29 is 9.59 Å². The zero-order valence-corrected chi connectivity index (χ0v) is 11.6. The van der Waals surface area contributed by atoms with E-state index >= 15 is 0 Å². The molecule has 0 radical (unpaired) electrons. The minimum atomic E-state index is -0.0572. The number of unbranched alkanes of at least 4 members (excludes halogenated alkanes) is 1. The van der Waals surface area contributed by atoms with Gasteiger partial charge in [0.1, 0.15) is 11.4 Å². The largest absolute Gasteiger partial charge is 0.380 e. The van der Waals surface area contributed by atoms with Gasteiger partial charge in [-0.05, 0) is 6.42 Å². The molecule has 0 bridgehead atoms. The molecule has 0 spiro atoms. The van der Waals surface area contributed by atoms with Crippen LogP contribution >= 0.6 is 0 Å². The Bertz CT molecular complexity index is 600. The summed E-state index contributed by atoms with van der Waals surface area (Å²) in [6, 6.07) is 7.08. The molecule has 0 saturated carbocycles. The molecule has 1 N–H and O–H groups in total. The van der Waals surface area contributed by atoms with Crippen LogP contribution in [0, 0.1) is 0 Å². The van der Waals surface area contributed by atoms with Crippen molar-refractivity contribution in [1.82, 2.24) is 10.2 Å². The summed E-state index contributed by atoms with van der Waals surface area (Å²) >= 11 is 0. The molecule has 1 aliphatic heterocycles. The third-order valence-electron chi connectivity index (χ3n) is 3.69.